The molecule has 0 unspecified atom stereocenters. The molecule has 0 aliphatic rings. The van der Waals surface area contributed by atoms with Crippen LogP contribution in [0.5, 0.6) is 0 Å². The Hall–Kier alpha value is -2.35. The molecule has 0 saturated heterocycles. The SMILES string of the molecule is CS(=O)(=O)CCO/N=C(\c1ccc(F)c(F)c1)c1ccccn1. The van der Waals surface area contributed by atoms with Crippen LogP contribution in [0.2, 0.25) is 0 Å². The summed E-state index contributed by atoms with van der Waals surface area (Å²) in [5.74, 6) is -2.21. The van der Waals surface area contributed by atoms with E-state index < -0.39 is 21.5 Å². The lowest BCUT2D eigenvalue weighted by atomic mass is 10.1. The fraction of sp³-hybridized carbons (Fsp3) is 0.200. The molecule has 5 nitrogen and oxygen atoms in total. The van der Waals surface area contributed by atoms with Crippen molar-refractivity contribution < 1.29 is 22.0 Å². The summed E-state index contributed by atoms with van der Waals surface area (Å²) in [7, 11) is -3.18. The molecule has 0 atom stereocenters. The lowest BCUT2D eigenvalue weighted by Gasteiger charge is -2.07. The fourth-order valence-corrected chi connectivity index (χ4v) is 2.07. The first-order chi connectivity index (χ1) is 10.9. The van der Waals surface area contributed by atoms with E-state index in [0.717, 1.165) is 18.4 Å². The van der Waals surface area contributed by atoms with E-state index in [0.29, 0.717) is 5.69 Å². The molecule has 0 fully saturated rings. The molecule has 0 amide bonds. The summed E-state index contributed by atoms with van der Waals surface area (Å²) in [5, 5.41) is 3.84. The monoisotopic (exact) mass is 340 g/mol. The molecular formula is C15H14F2N2O3S. The number of hydrogen-bond donors (Lipinski definition) is 0. The molecule has 0 aliphatic carbocycles. The van der Waals surface area contributed by atoms with Gasteiger partial charge >= 0.3 is 0 Å². The third kappa shape index (κ3) is 5.10. The molecule has 1 heterocycles. The third-order valence-electron chi connectivity index (χ3n) is 2.80. The summed E-state index contributed by atoms with van der Waals surface area (Å²) >= 11 is 0. The van der Waals surface area contributed by atoms with Gasteiger partial charge in [-0.15, -0.1) is 0 Å². The van der Waals surface area contributed by atoms with Crippen molar-refractivity contribution in [3.8, 4) is 0 Å². The number of aromatic nitrogens is 1. The molecule has 1 aromatic heterocycles. The molecule has 0 saturated carbocycles. The zero-order valence-electron chi connectivity index (χ0n) is 12.2. The smallest absolute Gasteiger partial charge is 0.159 e. The van der Waals surface area contributed by atoms with Gasteiger partial charge in [-0.05, 0) is 30.3 Å². The first kappa shape index (κ1) is 17.0. The molecule has 0 spiro atoms. The van der Waals surface area contributed by atoms with E-state index in [2.05, 4.69) is 10.1 Å². The minimum atomic E-state index is -3.18. The van der Waals surface area contributed by atoms with E-state index in [-0.39, 0.29) is 23.6 Å². The van der Waals surface area contributed by atoms with E-state index >= 15 is 0 Å². The van der Waals surface area contributed by atoms with Crippen LogP contribution < -0.4 is 0 Å². The zero-order valence-corrected chi connectivity index (χ0v) is 13.1. The van der Waals surface area contributed by atoms with Crippen molar-refractivity contribution in [3.63, 3.8) is 0 Å². The summed E-state index contributed by atoms with van der Waals surface area (Å²) < 4.78 is 48.6. The van der Waals surface area contributed by atoms with Crippen molar-refractivity contribution in [2.45, 2.75) is 0 Å². The molecule has 23 heavy (non-hydrogen) atoms. The minimum Gasteiger partial charge on any atom is -0.394 e. The standard InChI is InChI=1S/C15H14F2N2O3S/c1-23(20,21)9-8-22-19-15(14-4-2-3-7-18-14)11-5-6-12(16)13(17)10-11/h2-7,10H,8-9H2,1H3/b19-15+. The largest absolute Gasteiger partial charge is 0.394 e. The maximum absolute atomic E-state index is 13.4. The maximum Gasteiger partial charge on any atom is 0.159 e. The van der Waals surface area contributed by atoms with Crippen molar-refractivity contribution in [3.05, 3.63) is 65.5 Å². The molecule has 122 valence electrons. The molecule has 0 radical (unpaired) electrons. The maximum atomic E-state index is 13.4. The molecule has 0 N–H and O–H groups in total. The van der Waals surface area contributed by atoms with Crippen LogP contribution >= 0.6 is 0 Å². The Morgan fingerprint density at radius 3 is 2.61 bits per heavy atom. The van der Waals surface area contributed by atoms with E-state index in [1.807, 2.05) is 0 Å². The van der Waals surface area contributed by atoms with Crippen molar-refractivity contribution in [2.75, 3.05) is 18.6 Å². The summed E-state index contributed by atoms with van der Waals surface area (Å²) in [6.07, 6.45) is 2.59. The van der Waals surface area contributed by atoms with Crippen LogP contribution in [0, 0.1) is 11.6 Å². The second-order valence-corrected chi connectivity index (χ2v) is 7.01. The Labute approximate surface area is 132 Å². The summed E-state index contributed by atoms with van der Waals surface area (Å²) in [6.45, 7) is -0.154. The molecule has 1 aromatic carbocycles. The van der Waals surface area contributed by atoms with Gasteiger partial charge in [-0.2, -0.15) is 0 Å². The van der Waals surface area contributed by atoms with Crippen LogP contribution in [-0.4, -0.2) is 37.7 Å². The summed E-state index contributed by atoms with van der Waals surface area (Å²) in [4.78, 5) is 9.09. The highest BCUT2D eigenvalue weighted by Crippen LogP contribution is 2.13. The van der Waals surface area contributed by atoms with Gasteiger partial charge in [0.25, 0.3) is 0 Å². The van der Waals surface area contributed by atoms with Crippen LogP contribution in [0.15, 0.2) is 47.8 Å². The Morgan fingerprint density at radius 2 is 2.00 bits per heavy atom. The molecule has 2 aromatic rings. The molecule has 0 aliphatic heterocycles. The second-order valence-electron chi connectivity index (χ2n) is 4.75. The highest BCUT2D eigenvalue weighted by molar-refractivity contribution is 7.90. The Morgan fingerprint density at radius 1 is 1.22 bits per heavy atom. The molecular weight excluding hydrogens is 326 g/mol. The van der Waals surface area contributed by atoms with Crippen LogP contribution in [0.3, 0.4) is 0 Å². The van der Waals surface area contributed by atoms with Gasteiger partial charge in [0.05, 0.1) is 11.4 Å². The van der Waals surface area contributed by atoms with Crippen molar-refractivity contribution in [1.29, 1.82) is 0 Å². The topological polar surface area (TPSA) is 68.6 Å². The van der Waals surface area contributed by atoms with Gasteiger partial charge in [0.15, 0.2) is 21.5 Å². The zero-order chi connectivity index (χ0) is 16.9. The van der Waals surface area contributed by atoms with Gasteiger partial charge in [0, 0.05) is 18.0 Å². The van der Waals surface area contributed by atoms with Gasteiger partial charge in [0.1, 0.15) is 12.3 Å². The molecule has 2 rings (SSSR count). The van der Waals surface area contributed by atoms with Crippen LogP contribution in [0.1, 0.15) is 11.3 Å². The van der Waals surface area contributed by atoms with Crippen LogP contribution in [0.4, 0.5) is 8.78 Å². The Balaban J connectivity index is 2.30. The predicted octanol–water partition coefficient (Wildman–Crippen LogP) is 2.17. The number of oxime groups is 1. The first-order valence-electron chi connectivity index (χ1n) is 6.61. The number of hydrogen-bond acceptors (Lipinski definition) is 5. The molecule has 8 heteroatoms. The number of pyridine rings is 1. The number of nitrogens with zero attached hydrogens (tertiary/aromatic N) is 2. The highest BCUT2D eigenvalue weighted by atomic mass is 32.2. The third-order valence-corrected chi connectivity index (χ3v) is 3.71. The van der Waals surface area contributed by atoms with Gasteiger partial charge in [0.2, 0.25) is 0 Å². The van der Waals surface area contributed by atoms with Crippen molar-refractivity contribution >= 4 is 15.5 Å². The number of benzene rings is 1. The van der Waals surface area contributed by atoms with Gasteiger partial charge in [-0.3, -0.25) is 4.98 Å². The predicted molar refractivity (Wildman–Crippen MR) is 81.9 cm³/mol. The summed E-state index contributed by atoms with van der Waals surface area (Å²) in [6, 6.07) is 8.30. The average Bonchev–Trinajstić information content (AvgIpc) is 2.50. The summed E-state index contributed by atoms with van der Waals surface area (Å²) in [5.41, 5.74) is 0.831. The second kappa shape index (κ2) is 7.28. The lowest BCUT2D eigenvalue weighted by Crippen LogP contribution is -2.11. The highest BCUT2D eigenvalue weighted by Gasteiger charge is 2.12. The van der Waals surface area contributed by atoms with Gasteiger partial charge in [-0.1, -0.05) is 11.2 Å². The van der Waals surface area contributed by atoms with E-state index in [4.69, 9.17) is 4.84 Å². The van der Waals surface area contributed by atoms with E-state index in [1.54, 1.807) is 18.2 Å². The Bertz CT molecular complexity index is 809. The van der Waals surface area contributed by atoms with Crippen LogP contribution in [-0.2, 0) is 14.7 Å². The quantitative estimate of drug-likeness (QED) is 0.459. The number of rotatable bonds is 6. The normalized spacial score (nSPS) is 12.2. The van der Waals surface area contributed by atoms with Crippen LogP contribution in [0.25, 0.3) is 0 Å². The molecule has 0 bridgehead atoms. The van der Waals surface area contributed by atoms with Gasteiger partial charge < -0.3 is 4.84 Å². The van der Waals surface area contributed by atoms with Crippen molar-refractivity contribution in [2.24, 2.45) is 5.16 Å². The van der Waals surface area contributed by atoms with Gasteiger partial charge in [-0.25, -0.2) is 17.2 Å². The van der Waals surface area contributed by atoms with Crippen molar-refractivity contribution in [1.82, 2.24) is 4.98 Å². The fourth-order valence-electron chi connectivity index (χ4n) is 1.69. The van der Waals surface area contributed by atoms with E-state index in [9.17, 15) is 17.2 Å². The number of halogens is 2. The number of sulfone groups is 1. The first-order valence-corrected chi connectivity index (χ1v) is 8.67. The Kier molecular flexibility index (Phi) is 5.38. The minimum absolute atomic E-state index is 0.154. The lowest BCUT2D eigenvalue weighted by molar-refractivity contribution is 0.160. The average molecular weight is 340 g/mol. The van der Waals surface area contributed by atoms with E-state index in [1.165, 1.54) is 12.3 Å².